The molecule has 0 aromatic carbocycles. The van der Waals surface area contributed by atoms with E-state index in [9.17, 15) is 9.59 Å². The Morgan fingerprint density at radius 1 is 1.33 bits per heavy atom. The van der Waals surface area contributed by atoms with E-state index in [2.05, 4.69) is 0 Å². The van der Waals surface area contributed by atoms with Gasteiger partial charge >= 0.3 is 11.8 Å². The molecule has 1 radical (unpaired) electrons. The van der Waals surface area contributed by atoms with Crippen molar-refractivity contribution in [3.8, 4) is 0 Å². The number of hydrogen-bond acceptors (Lipinski definition) is 2. The van der Waals surface area contributed by atoms with E-state index in [1.54, 1.807) is 6.92 Å². The number of carbonyl (C=O) groups excluding carboxylic acids is 2. The fraction of sp³-hybridized carbons (Fsp3) is 0.333. The van der Waals surface area contributed by atoms with Crippen LogP contribution < -0.4 is 4.90 Å². The van der Waals surface area contributed by atoms with Crippen molar-refractivity contribution in [1.29, 1.82) is 0 Å². The summed E-state index contributed by atoms with van der Waals surface area (Å²) < 4.78 is 0. The summed E-state index contributed by atoms with van der Waals surface area (Å²) in [5.41, 5.74) is 0. The van der Waals surface area contributed by atoms with Crippen LogP contribution >= 0.6 is 0 Å². The van der Waals surface area contributed by atoms with Crippen LogP contribution in [-0.4, -0.2) is 18.4 Å². The number of imide groups is 1. The van der Waals surface area contributed by atoms with Crippen molar-refractivity contribution in [2.75, 3.05) is 6.54 Å². The van der Waals surface area contributed by atoms with Crippen molar-refractivity contribution >= 4 is 11.8 Å². The van der Waals surface area contributed by atoms with Gasteiger partial charge in [0.1, 0.15) is 6.54 Å². The first-order valence-electron chi connectivity index (χ1n) is 2.79. The summed E-state index contributed by atoms with van der Waals surface area (Å²) in [7, 11) is 0. The lowest BCUT2D eigenvalue weighted by molar-refractivity contribution is -0.129. The second-order valence-electron chi connectivity index (χ2n) is 1.75. The third-order valence-corrected chi connectivity index (χ3v) is 1.22. The third-order valence-electron chi connectivity index (χ3n) is 1.22. The van der Waals surface area contributed by atoms with Crippen LogP contribution in [0.3, 0.4) is 0 Å². The summed E-state index contributed by atoms with van der Waals surface area (Å²) in [6, 6.07) is 0. The largest absolute Gasteiger partial charge is 0.394 e. The smallest absolute Gasteiger partial charge is 0.220 e. The highest BCUT2D eigenvalue weighted by atomic mass is 16.2. The molecule has 0 saturated carbocycles. The minimum atomic E-state index is -0.206. The van der Waals surface area contributed by atoms with Gasteiger partial charge in [-0.05, 0) is 11.8 Å². The predicted octanol–water partition coefficient (Wildman–Crippen LogP) is -0.231. The molecule has 0 aromatic heterocycles. The number of likely N-dealkylation sites (N-methyl/N-ethyl adjacent to an activating group) is 1. The molecule has 1 heterocycles. The number of nitrogens with zero attached hydrogens (tertiary/aromatic N) is 1. The summed E-state index contributed by atoms with van der Waals surface area (Å²) in [6.07, 6.45) is 2.57. The summed E-state index contributed by atoms with van der Waals surface area (Å²) in [4.78, 5) is 22.4. The zero-order valence-corrected chi connectivity index (χ0v) is 5.13. The van der Waals surface area contributed by atoms with Gasteiger partial charge in [-0.3, -0.25) is 0 Å². The van der Waals surface area contributed by atoms with Crippen LogP contribution in [0.2, 0.25) is 0 Å². The lowest BCUT2D eigenvalue weighted by Gasteiger charge is -1.91. The first kappa shape index (κ1) is 6.16. The van der Waals surface area contributed by atoms with E-state index in [1.165, 1.54) is 17.1 Å². The molecule has 1 aliphatic heterocycles. The normalized spacial score (nSPS) is 19.7. The SMILES string of the molecule is CC[N+]1C(=O)C=CC1=O. The van der Waals surface area contributed by atoms with Gasteiger partial charge in [-0.1, -0.05) is 0 Å². The summed E-state index contributed by atoms with van der Waals surface area (Å²) in [5.74, 6) is -0.412. The third kappa shape index (κ3) is 0.907. The molecule has 0 atom stereocenters. The minimum absolute atomic E-state index is 0.206. The topological polar surface area (TPSA) is 40.0 Å². The van der Waals surface area contributed by atoms with Crippen molar-refractivity contribution in [3.05, 3.63) is 12.2 Å². The van der Waals surface area contributed by atoms with E-state index in [-0.39, 0.29) is 11.8 Å². The molecule has 0 bridgehead atoms. The van der Waals surface area contributed by atoms with Crippen LogP contribution in [0.4, 0.5) is 0 Å². The highest BCUT2D eigenvalue weighted by molar-refractivity contribution is 6.15. The molecule has 0 unspecified atom stereocenters. The van der Waals surface area contributed by atoms with E-state index >= 15 is 0 Å². The van der Waals surface area contributed by atoms with Crippen LogP contribution in [0.15, 0.2) is 12.2 Å². The van der Waals surface area contributed by atoms with Crippen molar-refractivity contribution < 1.29 is 9.59 Å². The molecule has 0 saturated heterocycles. The second-order valence-corrected chi connectivity index (χ2v) is 1.75. The van der Waals surface area contributed by atoms with Gasteiger partial charge in [-0.15, -0.1) is 0 Å². The standard InChI is InChI=1S/C6H7NO2/c1-2-7-5(8)3-4-6(7)9/h3-4H,2H2,1H3/q+1. The average molecular weight is 125 g/mol. The molecule has 0 N–H and O–H groups in total. The van der Waals surface area contributed by atoms with Crippen LogP contribution in [0.1, 0.15) is 6.92 Å². The van der Waals surface area contributed by atoms with Crippen molar-refractivity contribution in [2.24, 2.45) is 0 Å². The van der Waals surface area contributed by atoms with E-state index in [4.69, 9.17) is 0 Å². The number of rotatable bonds is 1. The van der Waals surface area contributed by atoms with Crippen LogP contribution in [0.5, 0.6) is 0 Å². The molecule has 2 amide bonds. The van der Waals surface area contributed by atoms with E-state index in [0.29, 0.717) is 6.54 Å². The summed E-state index contributed by atoms with van der Waals surface area (Å²) in [5, 5.41) is 0. The zero-order chi connectivity index (χ0) is 6.85. The van der Waals surface area contributed by atoms with Gasteiger partial charge in [0.25, 0.3) is 0 Å². The monoisotopic (exact) mass is 125 g/mol. The number of amides is 2. The first-order chi connectivity index (χ1) is 4.25. The first-order valence-corrected chi connectivity index (χ1v) is 2.79. The molecular weight excluding hydrogens is 118 g/mol. The van der Waals surface area contributed by atoms with Gasteiger partial charge in [0, 0.05) is 0 Å². The zero-order valence-electron chi connectivity index (χ0n) is 5.13. The highest BCUT2D eigenvalue weighted by Crippen LogP contribution is 1.97. The maximum atomic E-state index is 10.6. The van der Waals surface area contributed by atoms with Gasteiger partial charge in [0.15, 0.2) is 0 Å². The predicted molar refractivity (Wildman–Crippen MR) is 31.8 cm³/mol. The van der Waals surface area contributed by atoms with Gasteiger partial charge in [0.05, 0.1) is 12.2 Å². The summed E-state index contributed by atoms with van der Waals surface area (Å²) in [6.45, 7) is 2.23. The molecule has 3 heteroatoms. The van der Waals surface area contributed by atoms with Crippen LogP contribution in [-0.2, 0) is 9.59 Å². The molecule has 1 rings (SSSR count). The van der Waals surface area contributed by atoms with Gasteiger partial charge in [-0.25, -0.2) is 9.59 Å². The Bertz CT molecular complexity index is 165. The Balaban J connectivity index is 2.75. The Morgan fingerprint density at radius 3 is 2.00 bits per heavy atom. The Labute approximate surface area is 53.0 Å². The second kappa shape index (κ2) is 2.11. The Kier molecular flexibility index (Phi) is 1.44. The lowest BCUT2D eigenvalue weighted by Crippen LogP contribution is -2.35. The molecule has 0 spiro atoms. The van der Waals surface area contributed by atoms with Crippen LogP contribution in [0, 0.1) is 0 Å². The Hall–Kier alpha value is -0.960. The average Bonchev–Trinajstić information content (AvgIpc) is 2.12. The van der Waals surface area contributed by atoms with E-state index < -0.39 is 0 Å². The van der Waals surface area contributed by atoms with Gasteiger partial charge < -0.3 is 0 Å². The fourth-order valence-electron chi connectivity index (χ4n) is 0.743. The van der Waals surface area contributed by atoms with E-state index in [0.717, 1.165) is 0 Å². The molecular formula is C6H7NO2+. The van der Waals surface area contributed by atoms with Crippen molar-refractivity contribution in [1.82, 2.24) is 4.90 Å². The maximum Gasteiger partial charge on any atom is 0.394 e. The quantitative estimate of drug-likeness (QED) is 0.358. The minimum Gasteiger partial charge on any atom is -0.220 e. The number of carbonyl (C=O) groups is 2. The highest BCUT2D eigenvalue weighted by Gasteiger charge is 2.34. The Morgan fingerprint density at radius 2 is 1.78 bits per heavy atom. The molecule has 1 aliphatic rings. The van der Waals surface area contributed by atoms with Gasteiger partial charge in [0.2, 0.25) is 0 Å². The molecule has 0 aromatic rings. The molecule has 9 heavy (non-hydrogen) atoms. The summed E-state index contributed by atoms with van der Waals surface area (Å²) >= 11 is 0. The molecule has 3 nitrogen and oxygen atoms in total. The van der Waals surface area contributed by atoms with Gasteiger partial charge in [-0.2, -0.15) is 0 Å². The molecule has 0 fully saturated rings. The number of hydrogen-bond donors (Lipinski definition) is 0. The van der Waals surface area contributed by atoms with E-state index in [1.807, 2.05) is 0 Å². The lowest BCUT2D eigenvalue weighted by atomic mass is 10.5. The molecule has 47 valence electrons. The van der Waals surface area contributed by atoms with Crippen molar-refractivity contribution in [3.63, 3.8) is 0 Å². The fourth-order valence-corrected chi connectivity index (χ4v) is 0.743. The molecule has 0 aliphatic carbocycles. The maximum absolute atomic E-state index is 10.6. The van der Waals surface area contributed by atoms with Crippen LogP contribution in [0.25, 0.3) is 0 Å². The van der Waals surface area contributed by atoms with Crippen molar-refractivity contribution in [2.45, 2.75) is 6.92 Å².